The number of amides is 3. The van der Waals surface area contributed by atoms with E-state index < -0.39 is 0 Å². The monoisotopic (exact) mass is 373 g/mol. The number of benzene rings is 1. The fraction of sp³-hybridized carbons (Fsp3) is 0.550. The predicted octanol–water partition coefficient (Wildman–Crippen LogP) is 1.06. The number of hydrogen-bond donors (Lipinski definition) is 0. The van der Waals surface area contributed by atoms with Crippen molar-refractivity contribution in [3.8, 4) is 0 Å². The van der Waals surface area contributed by atoms with Crippen LogP contribution in [-0.4, -0.2) is 74.0 Å². The second-order valence-electron chi connectivity index (χ2n) is 7.21. The number of aryl methyl sites for hydroxylation is 1. The maximum Gasteiger partial charge on any atom is 0.246 e. The van der Waals surface area contributed by atoms with Crippen LogP contribution in [0.5, 0.6) is 0 Å². The van der Waals surface area contributed by atoms with E-state index in [1.807, 2.05) is 31.2 Å². The first kappa shape index (κ1) is 19.4. The summed E-state index contributed by atoms with van der Waals surface area (Å²) in [4.78, 5) is 42.6. The van der Waals surface area contributed by atoms with Crippen molar-refractivity contribution in [3.63, 3.8) is 0 Å². The first-order valence-corrected chi connectivity index (χ1v) is 9.42. The third-order valence-corrected chi connectivity index (χ3v) is 5.29. The Kier molecular flexibility index (Phi) is 6.11. The Labute approximate surface area is 159 Å². The van der Waals surface area contributed by atoms with Crippen LogP contribution in [-0.2, 0) is 19.1 Å². The largest absolute Gasteiger partial charge is 0.383 e. The van der Waals surface area contributed by atoms with Gasteiger partial charge in [0.15, 0.2) is 0 Å². The van der Waals surface area contributed by atoms with Gasteiger partial charge in [0.25, 0.3) is 0 Å². The molecule has 2 aliphatic heterocycles. The van der Waals surface area contributed by atoms with Gasteiger partial charge in [-0.05, 0) is 25.5 Å². The number of carbonyl (C=O) groups excluding carboxylic acids is 3. The van der Waals surface area contributed by atoms with Gasteiger partial charge in [0.2, 0.25) is 17.7 Å². The van der Waals surface area contributed by atoms with E-state index in [0.717, 1.165) is 11.3 Å². The van der Waals surface area contributed by atoms with Crippen LogP contribution >= 0.6 is 0 Å². The third kappa shape index (κ3) is 4.47. The number of anilines is 1. The lowest BCUT2D eigenvalue weighted by Crippen LogP contribution is -2.55. The molecule has 1 aromatic rings. The summed E-state index contributed by atoms with van der Waals surface area (Å²) in [6.45, 7) is 4.48. The Morgan fingerprint density at radius 2 is 1.89 bits per heavy atom. The number of hydrogen-bond acceptors (Lipinski definition) is 4. The van der Waals surface area contributed by atoms with Gasteiger partial charge in [0.05, 0.1) is 12.5 Å². The Morgan fingerprint density at radius 1 is 1.15 bits per heavy atom. The van der Waals surface area contributed by atoms with Crippen molar-refractivity contribution in [2.75, 3.05) is 51.3 Å². The molecule has 0 saturated carbocycles. The van der Waals surface area contributed by atoms with Gasteiger partial charge >= 0.3 is 0 Å². The van der Waals surface area contributed by atoms with Crippen LogP contribution in [0.4, 0.5) is 5.69 Å². The minimum absolute atomic E-state index is 0.0261. The number of piperidine rings is 1. The molecule has 0 bridgehead atoms. The van der Waals surface area contributed by atoms with Crippen LogP contribution < -0.4 is 4.90 Å². The van der Waals surface area contributed by atoms with Gasteiger partial charge in [0.1, 0.15) is 6.54 Å². The van der Waals surface area contributed by atoms with Gasteiger partial charge in [-0.25, -0.2) is 0 Å². The molecular formula is C20H27N3O4. The number of rotatable bonds is 5. The molecule has 0 spiro atoms. The molecule has 3 rings (SSSR count). The number of nitrogens with zero attached hydrogens (tertiary/aromatic N) is 3. The lowest BCUT2D eigenvalue weighted by atomic mass is 9.95. The highest BCUT2D eigenvalue weighted by atomic mass is 16.5. The summed E-state index contributed by atoms with van der Waals surface area (Å²) < 4.78 is 5.04. The summed E-state index contributed by atoms with van der Waals surface area (Å²) in [5, 5.41) is 0. The third-order valence-electron chi connectivity index (χ3n) is 5.29. The van der Waals surface area contributed by atoms with E-state index >= 15 is 0 Å². The predicted molar refractivity (Wildman–Crippen MR) is 101 cm³/mol. The lowest BCUT2D eigenvalue weighted by molar-refractivity contribution is -0.146. The summed E-state index contributed by atoms with van der Waals surface area (Å²) in [6, 6.07) is 7.83. The number of likely N-dealkylation sites (tertiary alicyclic amines) is 1. The molecule has 2 aliphatic rings. The van der Waals surface area contributed by atoms with Crippen LogP contribution in [0.2, 0.25) is 0 Å². The van der Waals surface area contributed by atoms with E-state index in [0.29, 0.717) is 45.6 Å². The smallest absolute Gasteiger partial charge is 0.246 e. The molecule has 0 aromatic heterocycles. The molecule has 7 nitrogen and oxygen atoms in total. The van der Waals surface area contributed by atoms with Crippen molar-refractivity contribution >= 4 is 23.4 Å². The fourth-order valence-electron chi connectivity index (χ4n) is 3.65. The second kappa shape index (κ2) is 8.52. The maximum absolute atomic E-state index is 12.9. The molecule has 7 heteroatoms. The van der Waals surface area contributed by atoms with E-state index in [2.05, 4.69) is 0 Å². The molecular weight excluding hydrogens is 346 g/mol. The second-order valence-corrected chi connectivity index (χ2v) is 7.21. The van der Waals surface area contributed by atoms with Crippen LogP contribution in [0.1, 0.15) is 18.4 Å². The standard InChI is InChI=1S/C20H27N3O4/c1-15-3-6-17(7-4-15)23-10-9-22(14-19(23)25)20(26)16-5-8-18(24)21(13-16)11-12-27-2/h3-4,6-7,16H,5,8-14H2,1-2H3. The van der Waals surface area contributed by atoms with E-state index in [4.69, 9.17) is 4.74 Å². The van der Waals surface area contributed by atoms with E-state index in [-0.39, 0.29) is 30.2 Å². The highest BCUT2D eigenvalue weighted by molar-refractivity contribution is 5.98. The molecule has 0 radical (unpaired) electrons. The van der Waals surface area contributed by atoms with Gasteiger partial charge in [-0.1, -0.05) is 17.7 Å². The van der Waals surface area contributed by atoms with Crippen molar-refractivity contribution in [3.05, 3.63) is 29.8 Å². The van der Waals surface area contributed by atoms with Crippen LogP contribution in [0.3, 0.4) is 0 Å². The molecule has 2 fully saturated rings. The molecule has 1 atom stereocenters. The zero-order valence-corrected chi connectivity index (χ0v) is 16.0. The highest BCUT2D eigenvalue weighted by Crippen LogP contribution is 2.23. The topological polar surface area (TPSA) is 70.2 Å². The molecule has 1 unspecified atom stereocenters. The van der Waals surface area contributed by atoms with Gasteiger partial charge in [-0.2, -0.15) is 0 Å². The molecule has 1 aromatic carbocycles. The first-order chi connectivity index (χ1) is 13.0. The summed E-state index contributed by atoms with van der Waals surface area (Å²) in [5.41, 5.74) is 2.01. The normalized spacial score (nSPS) is 21.0. The quantitative estimate of drug-likeness (QED) is 0.774. The van der Waals surface area contributed by atoms with Crippen LogP contribution in [0.15, 0.2) is 24.3 Å². The van der Waals surface area contributed by atoms with Crippen LogP contribution in [0, 0.1) is 12.8 Å². The number of methoxy groups -OCH3 is 1. The fourth-order valence-corrected chi connectivity index (χ4v) is 3.65. The summed E-state index contributed by atoms with van der Waals surface area (Å²) in [6.07, 6.45) is 0.922. The van der Waals surface area contributed by atoms with Crippen LogP contribution in [0.25, 0.3) is 0 Å². The van der Waals surface area contributed by atoms with Gasteiger partial charge in [-0.15, -0.1) is 0 Å². The molecule has 2 heterocycles. The van der Waals surface area contributed by atoms with E-state index in [9.17, 15) is 14.4 Å². The molecule has 3 amide bonds. The van der Waals surface area contributed by atoms with Crippen molar-refractivity contribution < 1.29 is 19.1 Å². The molecule has 0 N–H and O–H groups in total. The Morgan fingerprint density at radius 3 is 2.56 bits per heavy atom. The van der Waals surface area contributed by atoms with Gasteiger partial charge in [0, 0.05) is 45.4 Å². The zero-order valence-electron chi connectivity index (χ0n) is 16.0. The Bertz CT molecular complexity index is 704. The number of ether oxygens (including phenoxy) is 1. The number of piperazine rings is 1. The minimum atomic E-state index is -0.238. The summed E-state index contributed by atoms with van der Waals surface area (Å²) >= 11 is 0. The number of carbonyl (C=O) groups is 3. The maximum atomic E-state index is 12.9. The molecule has 146 valence electrons. The Hall–Kier alpha value is -2.41. The van der Waals surface area contributed by atoms with Crippen molar-refractivity contribution in [2.24, 2.45) is 5.92 Å². The molecule has 27 heavy (non-hydrogen) atoms. The van der Waals surface area contributed by atoms with Crippen molar-refractivity contribution in [1.82, 2.24) is 9.80 Å². The zero-order chi connectivity index (χ0) is 19.4. The van der Waals surface area contributed by atoms with Crippen molar-refractivity contribution in [1.29, 1.82) is 0 Å². The summed E-state index contributed by atoms with van der Waals surface area (Å²) in [7, 11) is 1.59. The molecule has 0 aliphatic carbocycles. The minimum Gasteiger partial charge on any atom is -0.383 e. The van der Waals surface area contributed by atoms with Gasteiger partial charge < -0.3 is 19.4 Å². The lowest BCUT2D eigenvalue weighted by Gasteiger charge is -2.38. The van der Waals surface area contributed by atoms with Gasteiger partial charge in [-0.3, -0.25) is 14.4 Å². The van der Waals surface area contributed by atoms with E-state index in [1.54, 1.807) is 21.8 Å². The average molecular weight is 373 g/mol. The van der Waals surface area contributed by atoms with E-state index in [1.165, 1.54) is 0 Å². The summed E-state index contributed by atoms with van der Waals surface area (Å²) in [5.74, 6) is -0.266. The average Bonchev–Trinajstić information content (AvgIpc) is 2.67. The van der Waals surface area contributed by atoms with Crippen molar-refractivity contribution in [2.45, 2.75) is 19.8 Å². The molecule has 2 saturated heterocycles. The first-order valence-electron chi connectivity index (χ1n) is 9.42. The Balaban J connectivity index is 1.59. The highest BCUT2D eigenvalue weighted by Gasteiger charge is 2.35. The SMILES string of the molecule is COCCN1CC(C(=O)N2CCN(c3ccc(C)cc3)C(=O)C2)CCC1=O.